The Morgan fingerprint density at radius 3 is 2.38 bits per heavy atom. The van der Waals surface area contributed by atoms with Gasteiger partial charge in [0.2, 0.25) is 0 Å². The van der Waals surface area contributed by atoms with E-state index in [0.717, 1.165) is 27.5 Å². The zero-order chi connectivity index (χ0) is 15.0. The molecule has 3 aromatic rings. The van der Waals surface area contributed by atoms with Gasteiger partial charge in [0.25, 0.3) is 0 Å². The van der Waals surface area contributed by atoms with E-state index < -0.39 is 0 Å². The van der Waals surface area contributed by atoms with Crippen molar-refractivity contribution in [3.63, 3.8) is 0 Å². The lowest BCUT2D eigenvalue weighted by molar-refractivity contribution is 0.637. The fraction of sp³-hybridized carbons (Fsp3) is 0.333. The number of rotatable bonds is 3. The third kappa shape index (κ3) is 3.13. The number of hydrogen-bond acceptors (Lipinski definition) is 3. The van der Waals surface area contributed by atoms with Crippen LogP contribution in [0.5, 0.6) is 0 Å². The molecule has 3 rings (SSSR count). The van der Waals surface area contributed by atoms with Gasteiger partial charge in [-0.2, -0.15) is 0 Å². The maximum Gasteiger partial charge on any atom is 0.144 e. The molecule has 0 aliphatic heterocycles. The summed E-state index contributed by atoms with van der Waals surface area (Å²) in [5.41, 5.74) is 5.91. The number of thiazole rings is 1. The molecule has 0 radical (unpaired) electrons. The molecule has 0 saturated carbocycles. The first-order chi connectivity index (χ1) is 10.0. The summed E-state index contributed by atoms with van der Waals surface area (Å²) in [6, 6.07) is 10.8. The van der Waals surface area contributed by atoms with Gasteiger partial charge in [-0.15, -0.1) is 0 Å². The first kappa shape index (κ1) is 14.2. The van der Waals surface area contributed by atoms with Crippen LogP contribution in [0.15, 0.2) is 30.3 Å². The van der Waals surface area contributed by atoms with E-state index in [1.165, 1.54) is 16.7 Å². The number of fused-ring (bicyclic) bond motifs is 1. The molecule has 2 aromatic heterocycles. The van der Waals surface area contributed by atoms with Crippen molar-refractivity contribution in [3.8, 4) is 10.6 Å². The Hall–Kier alpha value is -1.74. The summed E-state index contributed by atoms with van der Waals surface area (Å²) in [5.74, 6) is 0.627. The van der Waals surface area contributed by atoms with E-state index in [1.807, 2.05) is 0 Å². The van der Waals surface area contributed by atoms with Crippen LogP contribution < -0.4 is 0 Å². The van der Waals surface area contributed by atoms with Gasteiger partial charge in [0, 0.05) is 11.3 Å². The first-order valence-electron chi connectivity index (χ1n) is 7.36. The van der Waals surface area contributed by atoms with Gasteiger partial charge in [0.05, 0.1) is 0 Å². The van der Waals surface area contributed by atoms with E-state index in [1.54, 1.807) is 11.3 Å². The maximum absolute atomic E-state index is 4.76. The second kappa shape index (κ2) is 5.57. The Kier molecular flexibility index (Phi) is 3.77. The van der Waals surface area contributed by atoms with Crippen molar-refractivity contribution >= 4 is 21.7 Å². The molecule has 2 nitrogen and oxygen atoms in total. The fourth-order valence-corrected chi connectivity index (χ4v) is 3.55. The van der Waals surface area contributed by atoms with Crippen LogP contribution in [0.1, 0.15) is 30.7 Å². The van der Waals surface area contributed by atoms with E-state index in [4.69, 9.17) is 9.97 Å². The van der Waals surface area contributed by atoms with Crippen molar-refractivity contribution in [2.45, 2.75) is 34.1 Å². The zero-order valence-electron chi connectivity index (χ0n) is 13.0. The molecule has 1 aromatic carbocycles. The third-order valence-corrected chi connectivity index (χ3v) is 4.41. The number of aryl methyl sites for hydroxylation is 2. The van der Waals surface area contributed by atoms with Crippen LogP contribution in [0.3, 0.4) is 0 Å². The Bertz CT molecular complexity index is 767. The fourth-order valence-electron chi connectivity index (χ4n) is 2.61. The standard InChI is InChI=1S/C18H20N2S/c1-11(2)7-15-5-6-16-18(19-15)21-17(20-16)14-9-12(3)8-13(4)10-14/h5-6,8-11H,7H2,1-4H3. The quantitative estimate of drug-likeness (QED) is 0.666. The number of pyridine rings is 1. The average Bonchev–Trinajstić information content (AvgIpc) is 2.80. The minimum atomic E-state index is 0.627. The lowest BCUT2D eigenvalue weighted by Crippen LogP contribution is -1.96. The number of nitrogens with zero attached hydrogens (tertiary/aromatic N) is 2. The van der Waals surface area contributed by atoms with Crippen LogP contribution in [0.25, 0.3) is 20.9 Å². The van der Waals surface area contributed by atoms with E-state index >= 15 is 0 Å². The molecule has 0 amide bonds. The van der Waals surface area contributed by atoms with Crippen LogP contribution in [0.2, 0.25) is 0 Å². The molecule has 0 spiro atoms. The van der Waals surface area contributed by atoms with Crippen LogP contribution >= 0.6 is 11.3 Å². The van der Waals surface area contributed by atoms with Gasteiger partial charge in [0.15, 0.2) is 0 Å². The summed E-state index contributed by atoms with van der Waals surface area (Å²) >= 11 is 1.69. The normalized spacial score (nSPS) is 11.5. The lowest BCUT2D eigenvalue weighted by Gasteiger charge is -2.02. The largest absolute Gasteiger partial charge is 0.240 e. The highest BCUT2D eigenvalue weighted by Gasteiger charge is 2.09. The van der Waals surface area contributed by atoms with E-state index in [2.05, 4.69) is 58.0 Å². The lowest BCUT2D eigenvalue weighted by atomic mass is 10.1. The van der Waals surface area contributed by atoms with E-state index in [9.17, 15) is 0 Å². The predicted molar refractivity (Wildman–Crippen MR) is 90.9 cm³/mol. The Labute approximate surface area is 129 Å². The smallest absolute Gasteiger partial charge is 0.144 e. The van der Waals surface area contributed by atoms with Crippen LogP contribution in [-0.4, -0.2) is 9.97 Å². The molecule has 0 unspecified atom stereocenters. The molecule has 0 N–H and O–H groups in total. The minimum Gasteiger partial charge on any atom is -0.240 e. The Balaban J connectivity index is 2.04. The van der Waals surface area contributed by atoms with Gasteiger partial charge in [-0.25, -0.2) is 9.97 Å². The summed E-state index contributed by atoms with van der Waals surface area (Å²) in [5, 5.41) is 1.06. The van der Waals surface area contributed by atoms with Crippen LogP contribution in [0.4, 0.5) is 0 Å². The summed E-state index contributed by atoms with van der Waals surface area (Å²) in [7, 11) is 0. The average molecular weight is 296 g/mol. The predicted octanol–water partition coefficient (Wildman–Crippen LogP) is 5.17. The molecule has 0 bridgehead atoms. The monoisotopic (exact) mass is 296 g/mol. The molecule has 2 heterocycles. The van der Waals surface area contributed by atoms with Crippen molar-refractivity contribution < 1.29 is 0 Å². The molecular weight excluding hydrogens is 276 g/mol. The molecule has 3 heteroatoms. The summed E-state index contributed by atoms with van der Waals surface area (Å²) in [4.78, 5) is 10.5. The zero-order valence-corrected chi connectivity index (χ0v) is 13.8. The van der Waals surface area contributed by atoms with Crippen molar-refractivity contribution in [1.29, 1.82) is 0 Å². The van der Waals surface area contributed by atoms with E-state index in [-0.39, 0.29) is 0 Å². The molecule has 21 heavy (non-hydrogen) atoms. The maximum atomic E-state index is 4.76. The highest BCUT2D eigenvalue weighted by molar-refractivity contribution is 7.21. The molecule has 0 aliphatic carbocycles. The second-order valence-electron chi connectivity index (χ2n) is 6.12. The summed E-state index contributed by atoms with van der Waals surface area (Å²) in [6.45, 7) is 8.70. The van der Waals surface area contributed by atoms with Gasteiger partial charge < -0.3 is 0 Å². The van der Waals surface area contributed by atoms with Gasteiger partial charge >= 0.3 is 0 Å². The number of hydrogen-bond donors (Lipinski definition) is 0. The van der Waals surface area contributed by atoms with Crippen molar-refractivity contribution in [2.24, 2.45) is 5.92 Å². The Morgan fingerprint density at radius 2 is 1.71 bits per heavy atom. The first-order valence-corrected chi connectivity index (χ1v) is 8.18. The molecular formula is C18H20N2S. The van der Waals surface area contributed by atoms with Gasteiger partial charge in [-0.1, -0.05) is 42.4 Å². The highest BCUT2D eigenvalue weighted by atomic mass is 32.1. The van der Waals surface area contributed by atoms with Gasteiger partial charge in [-0.05, 0) is 50.5 Å². The van der Waals surface area contributed by atoms with Gasteiger partial charge in [-0.3, -0.25) is 0 Å². The molecule has 108 valence electrons. The molecule has 0 saturated heterocycles. The SMILES string of the molecule is Cc1cc(C)cc(-c2nc3ccc(CC(C)C)nc3s2)c1. The van der Waals surface area contributed by atoms with Crippen molar-refractivity contribution in [1.82, 2.24) is 9.97 Å². The van der Waals surface area contributed by atoms with Crippen LogP contribution in [0, 0.1) is 19.8 Å². The highest BCUT2D eigenvalue weighted by Crippen LogP contribution is 2.30. The Morgan fingerprint density at radius 1 is 1.00 bits per heavy atom. The summed E-state index contributed by atoms with van der Waals surface area (Å²) < 4.78 is 0. The molecule has 0 atom stereocenters. The minimum absolute atomic E-state index is 0.627. The molecule has 0 fully saturated rings. The van der Waals surface area contributed by atoms with Crippen LogP contribution in [-0.2, 0) is 6.42 Å². The van der Waals surface area contributed by atoms with Crippen molar-refractivity contribution in [2.75, 3.05) is 0 Å². The number of benzene rings is 1. The van der Waals surface area contributed by atoms with Gasteiger partial charge in [0.1, 0.15) is 15.4 Å². The second-order valence-corrected chi connectivity index (χ2v) is 7.10. The third-order valence-electron chi connectivity index (χ3n) is 3.40. The summed E-state index contributed by atoms with van der Waals surface area (Å²) in [6.07, 6.45) is 1.02. The van der Waals surface area contributed by atoms with Crippen molar-refractivity contribution in [3.05, 3.63) is 47.2 Å². The molecule has 0 aliphatic rings. The topological polar surface area (TPSA) is 25.8 Å². The number of aromatic nitrogens is 2. The van der Waals surface area contributed by atoms with E-state index in [0.29, 0.717) is 5.92 Å².